The highest BCUT2D eigenvalue weighted by atomic mass is 35.5. The van der Waals surface area contributed by atoms with E-state index in [1.165, 1.54) is 58.0 Å². The Hall–Kier alpha value is -3.32. The molecule has 1 saturated carbocycles. The lowest BCUT2D eigenvalue weighted by Gasteiger charge is -2.28. The summed E-state index contributed by atoms with van der Waals surface area (Å²) in [5, 5.41) is 5.19. The molecule has 51 heavy (non-hydrogen) atoms. The fourth-order valence-corrected chi connectivity index (χ4v) is 6.82. The number of amides is 4. The Bertz CT molecular complexity index is 2010. The fourth-order valence-electron chi connectivity index (χ4n) is 5.18. The Labute approximate surface area is 321 Å². The van der Waals surface area contributed by atoms with Crippen molar-refractivity contribution >= 4 is 111 Å². The molecular weight excluding hydrogens is 797 g/mol. The van der Waals surface area contributed by atoms with Crippen molar-refractivity contribution in [2.45, 2.75) is 56.1 Å². The number of hydrogen-bond acceptors (Lipinski definition) is 6. The first kappa shape index (κ1) is 38.9. The summed E-state index contributed by atoms with van der Waals surface area (Å²) in [7, 11) is 0. The maximum Gasteiger partial charge on any atom is 0.425 e. The summed E-state index contributed by atoms with van der Waals surface area (Å²) in [4.78, 5) is 53.9. The second-order valence-electron chi connectivity index (χ2n) is 13.0. The standard InChI is InChI=1S/C34H27Cl6F2N3O6/c1-14-13-33(14,5)51-31(49)45(30(48)50-32(2,3)4)27-22(42)10-16(41)11-23(27)44-28(46)18-12-17(6-7-19(18)35)43-29(47)25-24(34(25,39)40)15-8-20(36)26(38)21(37)9-15/h6-13,24-25H,1-5H3,(H,43,47)(H,44,46)/t24-,25+,33?/m0/s1. The van der Waals surface area contributed by atoms with Crippen LogP contribution in [0.3, 0.4) is 0 Å². The van der Waals surface area contributed by atoms with Crippen LogP contribution in [0.1, 0.15) is 56.5 Å². The van der Waals surface area contributed by atoms with E-state index in [9.17, 15) is 23.6 Å². The van der Waals surface area contributed by atoms with Gasteiger partial charge in [-0.25, -0.2) is 18.4 Å². The highest BCUT2D eigenvalue weighted by Crippen LogP contribution is 2.65. The summed E-state index contributed by atoms with van der Waals surface area (Å²) >= 11 is 37.6. The van der Waals surface area contributed by atoms with Crippen molar-refractivity contribution < 1.29 is 37.4 Å². The maximum absolute atomic E-state index is 15.6. The second-order valence-corrected chi connectivity index (χ2v) is 16.0. The number of nitrogens with zero attached hydrogens (tertiary/aromatic N) is 1. The Morgan fingerprint density at radius 1 is 0.882 bits per heavy atom. The van der Waals surface area contributed by atoms with E-state index in [0.717, 1.165) is 0 Å². The lowest BCUT2D eigenvalue weighted by Crippen LogP contribution is -2.44. The van der Waals surface area contributed by atoms with Crippen LogP contribution in [0.4, 0.5) is 35.4 Å². The number of benzene rings is 3. The summed E-state index contributed by atoms with van der Waals surface area (Å²) in [6, 6.07) is 7.94. The van der Waals surface area contributed by atoms with Gasteiger partial charge in [0.15, 0.2) is 11.4 Å². The molecule has 17 heteroatoms. The summed E-state index contributed by atoms with van der Waals surface area (Å²) in [5.41, 5.74) is -2.90. The first-order valence-corrected chi connectivity index (χ1v) is 17.2. The first-order valence-electron chi connectivity index (χ1n) is 14.9. The first-order chi connectivity index (χ1) is 23.5. The van der Waals surface area contributed by atoms with Crippen LogP contribution in [0.15, 0.2) is 54.1 Å². The van der Waals surface area contributed by atoms with Crippen molar-refractivity contribution in [3.8, 4) is 0 Å². The highest BCUT2D eigenvalue weighted by molar-refractivity contribution is 6.54. The molecule has 0 spiro atoms. The molecule has 270 valence electrons. The maximum atomic E-state index is 15.6. The van der Waals surface area contributed by atoms with Crippen molar-refractivity contribution in [2.24, 2.45) is 5.92 Å². The van der Waals surface area contributed by atoms with Crippen molar-refractivity contribution in [1.82, 2.24) is 0 Å². The number of hydrogen-bond donors (Lipinski definition) is 2. The van der Waals surface area contributed by atoms with Crippen molar-refractivity contribution in [3.05, 3.63) is 97.0 Å². The van der Waals surface area contributed by atoms with Crippen LogP contribution < -0.4 is 15.5 Å². The highest BCUT2D eigenvalue weighted by Gasteiger charge is 2.67. The van der Waals surface area contributed by atoms with E-state index in [1.54, 1.807) is 13.0 Å². The normalized spacial score (nSPS) is 20.1. The van der Waals surface area contributed by atoms with Crippen LogP contribution in [-0.4, -0.2) is 39.5 Å². The minimum atomic E-state index is -1.54. The van der Waals surface area contributed by atoms with Crippen LogP contribution in [-0.2, 0) is 14.3 Å². The number of carbonyl (C=O) groups is 4. The van der Waals surface area contributed by atoms with Gasteiger partial charge in [0, 0.05) is 17.7 Å². The SMILES string of the molecule is CC1=CC1(C)OC(=O)N(C(=O)OC(C)(C)C)c1c(F)cc(F)cc1NC(=O)c1cc(NC(=O)[C@H]2[C@H](c3cc(Cl)c(Cl)c(Cl)c3)C2(Cl)Cl)ccc1Cl. The molecule has 1 unspecified atom stereocenters. The molecule has 5 rings (SSSR count). The van der Waals surface area contributed by atoms with Gasteiger partial charge in [-0.05, 0) is 88.2 Å². The number of ether oxygens (including phenoxy) is 2. The molecule has 0 heterocycles. The summed E-state index contributed by atoms with van der Waals surface area (Å²) in [6.45, 7) is 7.73. The summed E-state index contributed by atoms with van der Waals surface area (Å²) in [5.74, 6) is -5.92. The van der Waals surface area contributed by atoms with Gasteiger partial charge in [-0.3, -0.25) is 9.59 Å². The van der Waals surface area contributed by atoms with Crippen LogP contribution in [0.2, 0.25) is 20.1 Å². The van der Waals surface area contributed by atoms with E-state index < -0.39 is 74.4 Å². The molecule has 2 N–H and O–H groups in total. The van der Waals surface area contributed by atoms with Gasteiger partial charge < -0.3 is 20.1 Å². The number of nitrogens with one attached hydrogen (secondary N) is 2. The molecule has 3 aromatic carbocycles. The zero-order valence-corrected chi connectivity index (χ0v) is 31.7. The number of halogens is 8. The average molecular weight is 824 g/mol. The van der Waals surface area contributed by atoms with Gasteiger partial charge in [-0.1, -0.05) is 46.4 Å². The quantitative estimate of drug-likeness (QED) is 0.139. The molecule has 0 aromatic heterocycles. The third kappa shape index (κ3) is 8.19. The van der Waals surface area contributed by atoms with E-state index in [-0.39, 0.29) is 36.2 Å². The average Bonchev–Trinajstić information content (AvgIpc) is 3.80. The van der Waals surface area contributed by atoms with Gasteiger partial charge in [0.1, 0.15) is 21.4 Å². The van der Waals surface area contributed by atoms with E-state index in [0.29, 0.717) is 23.3 Å². The predicted molar refractivity (Wildman–Crippen MR) is 194 cm³/mol. The van der Waals surface area contributed by atoms with E-state index >= 15 is 4.39 Å². The Morgan fingerprint density at radius 2 is 1.49 bits per heavy atom. The van der Waals surface area contributed by atoms with E-state index in [4.69, 9.17) is 79.1 Å². The predicted octanol–water partition coefficient (Wildman–Crippen LogP) is 11.0. The largest absolute Gasteiger partial charge is 0.443 e. The third-order valence-corrected chi connectivity index (χ3v) is 10.4. The van der Waals surface area contributed by atoms with Crippen LogP contribution in [0, 0.1) is 17.6 Å². The smallest absolute Gasteiger partial charge is 0.425 e. The Balaban J connectivity index is 1.42. The lowest BCUT2D eigenvalue weighted by atomic mass is 10.1. The van der Waals surface area contributed by atoms with Crippen LogP contribution in [0.5, 0.6) is 0 Å². The van der Waals surface area contributed by atoms with E-state index in [1.807, 2.05) is 0 Å². The molecule has 3 aromatic rings. The topological polar surface area (TPSA) is 114 Å². The molecular formula is C34H27Cl6F2N3O6. The lowest BCUT2D eigenvalue weighted by molar-refractivity contribution is -0.117. The number of alkyl halides is 2. The van der Waals surface area contributed by atoms with Gasteiger partial charge >= 0.3 is 12.2 Å². The summed E-state index contributed by atoms with van der Waals surface area (Å²) in [6.07, 6.45) is -1.14. The fraction of sp³-hybridized carbons (Fsp3) is 0.294. The van der Waals surface area contributed by atoms with E-state index in [2.05, 4.69) is 10.6 Å². The molecule has 0 radical (unpaired) electrons. The van der Waals surface area contributed by atoms with Crippen LogP contribution in [0.25, 0.3) is 0 Å². The second kappa shape index (κ2) is 13.9. The number of rotatable bonds is 7. The van der Waals surface area contributed by atoms with Gasteiger partial charge in [-0.2, -0.15) is 4.90 Å². The third-order valence-electron chi connectivity index (χ3n) is 7.93. The molecule has 0 aliphatic heterocycles. The zero-order valence-electron chi connectivity index (χ0n) is 27.2. The van der Waals surface area contributed by atoms with Crippen molar-refractivity contribution in [2.75, 3.05) is 15.5 Å². The number of carbonyl (C=O) groups excluding carboxylic acids is 4. The van der Waals surface area contributed by atoms with Gasteiger partial charge in [0.05, 0.1) is 37.3 Å². The van der Waals surface area contributed by atoms with Gasteiger partial charge in [0.2, 0.25) is 5.91 Å². The van der Waals surface area contributed by atoms with Crippen molar-refractivity contribution in [1.29, 1.82) is 0 Å². The zero-order chi connectivity index (χ0) is 38.0. The number of anilines is 3. The molecule has 2 aliphatic carbocycles. The Kier molecular flexibility index (Phi) is 10.6. The minimum absolute atomic E-state index is 0.0710. The molecule has 1 fully saturated rings. The van der Waals surface area contributed by atoms with Crippen LogP contribution >= 0.6 is 69.6 Å². The number of imide groups is 1. The summed E-state index contributed by atoms with van der Waals surface area (Å²) < 4.78 is 39.4. The van der Waals surface area contributed by atoms with Gasteiger partial charge in [-0.15, -0.1) is 23.2 Å². The monoisotopic (exact) mass is 821 g/mol. The molecule has 2 aliphatic rings. The molecule has 3 atom stereocenters. The minimum Gasteiger partial charge on any atom is -0.443 e. The Morgan fingerprint density at radius 3 is 2.06 bits per heavy atom. The molecule has 0 saturated heterocycles. The van der Waals surface area contributed by atoms with Crippen molar-refractivity contribution in [3.63, 3.8) is 0 Å². The van der Waals surface area contributed by atoms with Gasteiger partial charge in [0.25, 0.3) is 5.91 Å². The molecule has 4 amide bonds. The molecule has 0 bridgehead atoms. The molecule has 9 nitrogen and oxygen atoms in total.